The number of hydrogen-bond donors (Lipinski definition) is 0. The fourth-order valence-electron chi connectivity index (χ4n) is 7.55. The molecular formula is C45H26N4. The lowest BCUT2D eigenvalue weighted by molar-refractivity contribution is 1.18. The molecule has 0 fully saturated rings. The van der Waals surface area contributed by atoms with E-state index in [1.54, 1.807) is 0 Å². The second kappa shape index (κ2) is 10.6. The summed E-state index contributed by atoms with van der Waals surface area (Å²) in [5.74, 6) is 0. The summed E-state index contributed by atoms with van der Waals surface area (Å²) in [4.78, 5) is 13.8. The Bertz CT molecular complexity index is 2990. The van der Waals surface area contributed by atoms with Crippen molar-refractivity contribution in [3.63, 3.8) is 0 Å². The van der Waals surface area contributed by atoms with Gasteiger partial charge in [0.2, 0.25) is 0 Å². The normalized spacial score (nSPS) is 11.7. The van der Waals surface area contributed by atoms with Crippen molar-refractivity contribution < 1.29 is 0 Å². The van der Waals surface area contributed by atoms with E-state index in [-0.39, 0.29) is 0 Å². The molecule has 0 spiro atoms. The van der Waals surface area contributed by atoms with Gasteiger partial charge in [-0.1, -0.05) is 103 Å². The van der Waals surface area contributed by atoms with E-state index in [9.17, 15) is 0 Å². The summed E-state index contributed by atoms with van der Waals surface area (Å²) >= 11 is 0. The van der Waals surface area contributed by atoms with E-state index < -0.39 is 0 Å². The first-order valence-electron chi connectivity index (χ1n) is 16.4. The summed E-state index contributed by atoms with van der Waals surface area (Å²) in [6.07, 6.45) is 1.88. The number of benzene rings is 7. The highest BCUT2D eigenvalue weighted by atomic mass is 15.0. The molecule has 3 heterocycles. The van der Waals surface area contributed by atoms with Gasteiger partial charge in [0.05, 0.1) is 34.3 Å². The van der Waals surface area contributed by atoms with E-state index >= 15 is 0 Å². The number of rotatable bonds is 3. The number of fused-ring (bicyclic) bond motifs is 10. The highest BCUT2D eigenvalue weighted by Gasteiger charge is 2.17. The fourth-order valence-corrected chi connectivity index (χ4v) is 7.55. The van der Waals surface area contributed by atoms with Crippen LogP contribution >= 0.6 is 0 Å². The summed E-state index contributed by atoms with van der Waals surface area (Å²) in [7, 11) is 0. The van der Waals surface area contributed by atoms with E-state index in [2.05, 4.69) is 137 Å². The van der Waals surface area contributed by atoms with Crippen LogP contribution in [0.15, 0.2) is 158 Å². The molecule has 0 amide bonds. The van der Waals surface area contributed by atoms with Crippen LogP contribution in [-0.4, -0.2) is 14.5 Å². The minimum absolute atomic E-state index is 0.640. The molecule has 3 aromatic heterocycles. The summed E-state index contributed by atoms with van der Waals surface area (Å²) in [5.41, 5.74) is 10.2. The van der Waals surface area contributed by atoms with Crippen LogP contribution in [-0.2, 0) is 0 Å². The molecule has 4 nitrogen and oxygen atoms in total. The Morgan fingerprint density at radius 2 is 1.22 bits per heavy atom. The predicted octanol–water partition coefficient (Wildman–Crippen LogP) is 12.1. The van der Waals surface area contributed by atoms with Crippen molar-refractivity contribution in [2.45, 2.75) is 0 Å². The highest BCUT2D eigenvalue weighted by molar-refractivity contribution is 6.28. The second-order valence-corrected chi connectivity index (χ2v) is 12.5. The zero-order valence-corrected chi connectivity index (χ0v) is 26.3. The van der Waals surface area contributed by atoms with E-state index in [1.807, 2.05) is 30.5 Å². The summed E-state index contributed by atoms with van der Waals surface area (Å²) < 4.78 is 2.28. The van der Waals surface area contributed by atoms with Crippen LogP contribution in [0, 0.1) is 6.57 Å². The van der Waals surface area contributed by atoms with Gasteiger partial charge in [-0.2, -0.15) is 0 Å². The van der Waals surface area contributed by atoms with Crippen molar-refractivity contribution in [2.24, 2.45) is 0 Å². The fraction of sp³-hybridized carbons (Fsp3) is 0. The zero-order valence-electron chi connectivity index (χ0n) is 26.3. The van der Waals surface area contributed by atoms with Gasteiger partial charge in [-0.25, -0.2) is 9.83 Å². The zero-order chi connectivity index (χ0) is 32.5. The number of hydrogen-bond acceptors (Lipinski definition) is 2. The van der Waals surface area contributed by atoms with Gasteiger partial charge in [-0.05, 0) is 70.4 Å². The molecule has 0 aliphatic heterocycles. The molecule has 7 aromatic carbocycles. The Balaban J connectivity index is 1.15. The summed E-state index contributed by atoms with van der Waals surface area (Å²) in [6.45, 7) is 7.65. The number of nitrogens with zero attached hydrogens (tertiary/aromatic N) is 4. The number of para-hydroxylation sites is 2. The van der Waals surface area contributed by atoms with E-state index in [0.717, 1.165) is 82.5 Å². The maximum absolute atomic E-state index is 7.65. The SMILES string of the molecule is [C-]#[N+]c1ccc2c(c1)c1cc(-c3ccc(-c4nc5ccccc5c5c4ccc4ccc6cccnc6c45)cc3)ccc1n2-c1ccccc1. The molecule has 0 saturated carbocycles. The molecule has 49 heavy (non-hydrogen) atoms. The van der Waals surface area contributed by atoms with Gasteiger partial charge in [0, 0.05) is 49.8 Å². The highest BCUT2D eigenvalue weighted by Crippen LogP contribution is 2.41. The molecule has 4 heteroatoms. The van der Waals surface area contributed by atoms with Gasteiger partial charge in [0.25, 0.3) is 0 Å². The summed E-state index contributed by atoms with van der Waals surface area (Å²) in [6, 6.07) is 53.1. The monoisotopic (exact) mass is 622 g/mol. The Morgan fingerprint density at radius 1 is 0.510 bits per heavy atom. The van der Waals surface area contributed by atoms with E-state index in [1.165, 1.54) is 10.8 Å². The Kier molecular flexibility index (Phi) is 5.90. The average Bonchev–Trinajstić information content (AvgIpc) is 3.50. The Labute approximate surface area is 282 Å². The standard InChI is InChI=1S/C45H26N4/c1-46-33-21-24-41-38(27-33)37-26-32(20-23-40(37)49(41)34-9-3-2-4-10-34)28-13-16-31(17-14-28)44-36-22-19-29-15-18-30-8-7-25-47-45(30)42(29)43(36)35-11-5-6-12-39(35)48-44/h2-27H. The largest absolute Gasteiger partial charge is 0.309 e. The van der Waals surface area contributed by atoms with Gasteiger partial charge >= 0.3 is 0 Å². The van der Waals surface area contributed by atoms with Crippen LogP contribution in [0.4, 0.5) is 5.69 Å². The molecule has 10 aromatic rings. The van der Waals surface area contributed by atoms with Crippen molar-refractivity contribution in [3.8, 4) is 28.1 Å². The number of pyridine rings is 2. The van der Waals surface area contributed by atoms with Crippen LogP contribution in [0.2, 0.25) is 0 Å². The molecule has 0 atom stereocenters. The molecule has 0 aliphatic carbocycles. The lowest BCUT2D eigenvalue weighted by Crippen LogP contribution is -1.93. The van der Waals surface area contributed by atoms with Crippen molar-refractivity contribution in [2.75, 3.05) is 0 Å². The lowest BCUT2D eigenvalue weighted by atomic mass is 9.93. The first-order valence-corrected chi connectivity index (χ1v) is 16.4. The lowest BCUT2D eigenvalue weighted by Gasteiger charge is -2.14. The van der Waals surface area contributed by atoms with Crippen LogP contribution in [0.5, 0.6) is 0 Å². The van der Waals surface area contributed by atoms with Gasteiger partial charge < -0.3 is 4.57 Å². The van der Waals surface area contributed by atoms with Crippen LogP contribution in [0.3, 0.4) is 0 Å². The third-order valence-corrected chi connectivity index (χ3v) is 9.80. The smallest absolute Gasteiger partial charge is 0.188 e. The Hall–Kier alpha value is -6.83. The predicted molar refractivity (Wildman–Crippen MR) is 204 cm³/mol. The summed E-state index contributed by atoms with van der Waals surface area (Å²) in [5, 5.41) is 9.09. The maximum atomic E-state index is 7.65. The quantitative estimate of drug-likeness (QED) is 0.145. The molecular weight excluding hydrogens is 597 g/mol. The van der Waals surface area contributed by atoms with Crippen LogP contribution in [0.25, 0.3) is 98.1 Å². The second-order valence-electron chi connectivity index (χ2n) is 12.5. The van der Waals surface area contributed by atoms with Gasteiger partial charge in [-0.3, -0.25) is 4.98 Å². The third-order valence-electron chi connectivity index (χ3n) is 9.80. The van der Waals surface area contributed by atoms with Crippen molar-refractivity contribution in [1.82, 2.24) is 14.5 Å². The van der Waals surface area contributed by atoms with Crippen LogP contribution in [0.1, 0.15) is 0 Å². The molecule has 226 valence electrons. The van der Waals surface area contributed by atoms with E-state index in [4.69, 9.17) is 16.5 Å². The van der Waals surface area contributed by atoms with Gasteiger partial charge in [0.1, 0.15) is 0 Å². The minimum Gasteiger partial charge on any atom is -0.309 e. The molecule has 0 bridgehead atoms. The molecule has 0 N–H and O–H groups in total. The topological polar surface area (TPSA) is 35.1 Å². The molecule has 0 radical (unpaired) electrons. The Morgan fingerprint density at radius 3 is 2.08 bits per heavy atom. The van der Waals surface area contributed by atoms with Crippen LogP contribution < -0.4 is 0 Å². The average molecular weight is 623 g/mol. The molecule has 0 aliphatic rings. The van der Waals surface area contributed by atoms with Crippen molar-refractivity contribution >= 4 is 70.8 Å². The first kappa shape index (κ1) is 27.3. The van der Waals surface area contributed by atoms with Crippen molar-refractivity contribution in [1.29, 1.82) is 0 Å². The molecule has 0 unspecified atom stereocenters. The van der Waals surface area contributed by atoms with E-state index in [0.29, 0.717) is 5.69 Å². The maximum Gasteiger partial charge on any atom is 0.188 e. The number of aromatic nitrogens is 3. The molecule has 10 rings (SSSR count). The van der Waals surface area contributed by atoms with Gasteiger partial charge in [0.15, 0.2) is 5.69 Å². The molecule has 0 saturated heterocycles. The van der Waals surface area contributed by atoms with Gasteiger partial charge in [-0.15, -0.1) is 0 Å². The first-order chi connectivity index (χ1) is 24.2. The van der Waals surface area contributed by atoms with Crippen molar-refractivity contribution in [3.05, 3.63) is 169 Å². The third kappa shape index (κ3) is 4.16. The minimum atomic E-state index is 0.640.